The van der Waals surface area contributed by atoms with Crippen molar-refractivity contribution in [1.82, 2.24) is 25.3 Å². The average molecular weight is 364 g/mol. The number of hydrogen-bond donors (Lipinski definition) is 2. The van der Waals surface area contributed by atoms with Gasteiger partial charge in [0.2, 0.25) is 0 Å². The van der Waals surface area contributed by atoms with Crippen LogP contribution in [0, 0.1) is 12.8 Å². The molecule has 2 unspecified atom stereocenters. The quantitative estimate of drug-likeness (QED) is 0.740. The molecule has 3 N–H and O–H groups in total. The molecule has 2 heterocycles. The third kappa shape index (κ3) is 3.42. The second-order valence-electron chi connectivity index (χ2n) is 7.18. The summed E-state index contributed by atoms with van der Waals surface area (Å²) in [4.78, 5) is 17.1. The molecule has 0 spiro atoms. The molecule has 1 fully saturated rings. The average Bonchev–Trinajstić information content (AvgIpc) is 3.09. The van der Waals surface area contributed by atoms with Crippen molar-refractivity contribution in [2.75, 3.05) is 6.54 Å². The lowest BCUT2D eigenvalue weighted by molar-refractivity contribution is 0.0902. The van der Waals surface area contributed by atoms with Crippen molar-refractivity contribution in [2.45, 2.75) is 38.6 Å². The maximum absolute atomic E-state index is 12.8. The van der Waals surface area contributed by atoms with E-state index in [-0.39, 0.29) is 11.9 Å². The molecular weight excluding hydrogens is 340 g/mol. The summed E-state index contributed by atoms with van der Waals surface area (Å²) < 4.78 is 1.70. The lowest BCUT2D eigenvalue weighted by atomic mass is 9.84. The molecular formula is C20H24N6O. The number of hydrogen-bond acceptors (Lipinski definition) is 5. The Kier molecular flexibility index (Phi) is 4.85. The van der Waals surface area contributed by atoms with Crippen LogP contribution in [0.1, 0.15) is 41.9 Å². The highest BCUT2D eigenvalue weighted by atomic mass is 16.2. The normalized spacial score (nSPS) is 19.9. The van der Waals surface area contributed by atoms with Crippen LogP contribution in [0.5, 0.6) is 0 Å². The Bertz CT molecular complexity index is 966. The highest BCUT2D eigenvalue weighted by Crippen LogP contribution is 2.24. The molecule has 2 atom stereocenters. The fourth-order valence-electron chi connectivity index (χ4n) is 3.90. The number of nitrogens with one attached hydrogen (secondary N) is 1. The van der Waals surface area contributed by atoms with Crippen LogP contribution in [0.3, 0.4) is 0 Å². The fourth-order valence-corrected chi connectivity index (χ4v) is 3.90. The van der Waals surface area contributed by atoms with Crippen LogP contribution >= 0.6 is 0 Å². The first-order chi connectivity index (χ1) is 13.2. The van der Waals surface area contributed by atoms with Crippen LogP contribution in [0.15, 0.2) is 36.5 Å². The summed E-state index contributed by atoms with van der Waals surface area (Å²) in [6.07, 6.45) is 6.11. The Morgan fingerprint density at radius 2 is 2.15 bits per heavy atom. The SMILES string of the molecule is Cc1c(C(=O)NC2CCCCC2CN)nnn1-c1ccc2ncccc2c1. The standard InChI is InChI=1S/C20H24N6O/c1-13-19(20(27)23-18-7-3-2-5-15(18)12-21)24-25-26(13)16-8-9-17-14(11-16)6-4-10-22-17/h4,6,8-11,15,18H,2-3,5,7,12,21H2,1H3,(H,23,27). The summed E-state index contributed by atoms with van der Waals surface area (Å²) in [6.45, 7) is 2.46. The lowest BCUT2D eigenvalue weighted by Gasteiger charge is -2.31. The first-order valence-electron chi connectivity index (χ1n) is 9.46. The summed E-state index contributed by atoms with van der Waals surface area (Å²) in [5.41, 5.74) is 8.73. The molecule has 4 rings (SSSR count). The molecule has 1 aromatic carbocycles. The van der Waals surface area contributed by atoms with Gasteiger partial charge in [-0.15, -0.1) is 5.10 Å². The van der Waals surface area contributed by atoms with Crippen molar-refractivity contribution in [3.05, 3.63) is 47.9 Å². The fraction of sp³-hybridized carbons (Fsp3) is 0.400. The second-order valence-corrected chi connectivity index (χ2v) is 7.18. The number of benzene rings is 1. The van der Waals surface area contributed by atoms with Crippen molar-refractivity contribution in [2.24, 2.45) is 11.7 Å². The first kappa shape index (κ1) is 17.6. The van der Waals surface area contributed by atoms with Crippen LogP contribution in [0.25, 0.3) is 16.6 Å². The number of nitrogens with zero attached hydrogens (tertiary/aromatic N) is 4. The molecule has 3 aromatic rings. The van der Waals surface area contributed by atoms with E-state index in [4.69, 9.17) is 5.73 Å². The third-order valence-electron chi connectivity index (χ3n) is 5.47. The Morgan fingerprint density at radius 1 is 1.30 bits per heavy atom. The van der Waals surface area contributed by atoms with E-state index in [1.165, 1.54) is 6.42 Å². The molecule has 140 valence electrons. The smallest absolute Gasteiger partial charge is 0.273 e. The molecule has 1 aliphatic rings. The van der Waals surface area contributed by atoms with Crippen molar-refractivity contribution < 1.29 is 4.79 Å². The van der Waals surface area contributed by atoms with Gasteiger partial charge in [-0.3, -0.25) is 9.78 Å². The number of carbonyl (C=O) groups excluding carboxylic acids is 1. The van der Waals surface area contributed by atoms with Gasteiger partial charge in [0.25, 0.3) is 5.91 Å². The Morgan fingerprint density at radius 3 is 3.00 bits per heavy atom. The van der Waals surface area contributed by atoms with Crippen LogP contribution in [-0.4, -0.2) is 38.5 Å². The number of pyridine rings is 1. The number of fused-ring (bicyclic) bond motifs is 1. The Hall–Kier alpha value is -2.80. The van der Waals surface area contributed by atoms with Gasteiger partial charge in [-0.25, -0.2) is 4.68 Å². The molecule has 1 aliphatic carbocycles. The number of carbonyl (C=O) groups is 1. The van der Waals surface area contributed by atoms with E-state index in [2.05, 4.69) is 20.6 Å². The van der Waals surface area contributed by atoms with Gasteiger partial charge in [0.1, 0.15) is 0 Å². The number of nitrogens with two attached hydrogens (primary N) is 1. The molecule has 7 nitrogen and oxygen atoms in total. The number of amides is 1. The molecule has 1 saturated carbocycles. The largest absolute Gasteiger partial charge is 0.348 e. The topological polar surface area (TPSA) is 98.7 Å². The van der Waals surface area contributed by atoms with E-state index in [0.717, 1.165) is 41.5 Å². The highest BCUT2D eigenvalue weighted by molar-refractivity contribution is 5.93. The maximum Gasteiger partial charge on any atom is 0.273 e. The molecule has 0 bridgehead atoms. The molecule has 1 amide bonds. The van der Waals surface area contributed by atoms with E-state index in [1.807, 2.05) is 37.3 Å². The van der Waals surface area contributed by atoms with Gasteiger partial charge in [-0.1, -0.05) is 24.1 Å². The predicted octanol–water partition coefficient (Wildman–Crippen LogP) is 2.37. The lowest BCUT2D eigenvalue weighted by Crippen LogP contribution is -2.45. The monoisotopic (exact) mass is 364 g/mol. The molecule has 27 heavy (non-hydrogen) atoms. The van der Waals surface area contributed by atoms with Gasteiger partial charge in [-0.2, -0.15) is 0 Å². The Balaban J connectivity index is 1.58. The minimum Gasteiger partial charge on any atom is -0.348 e. The Labute approximate surface area is 158 Å². The van der Waals surface area contributed by atoms with Gasteiger partial charge >= 0.3 is 0 Å². The van der Waals surface area contributed by atoms with Gasteiger partial charge in [0.15, 0.2) is 5.69 Å². The van der Waals surface area contributed by atoms with Crippen molar-refractivity contribution >= 4 is 16.8 Å². The molecule has 0 saturated heterocycles. The van der Waals surface area contributed by atoms with Crippen LogP contribution in [0.2, 0.25) is 0 Å². The van der Waals surface area contributed by atoms with Crippen LogP contribution < -0.4 is 11.1 Å². The van der Waals surface area contributed by atoms with Gasteiger partial charge < -0.3 is 11.1 Å². The van der Waals surface area contributed by atoms with Crippen LogP contribution in [-0.2, 0) is 0 Å². The minimum atomic E-state index is -0.174. The van der Waals surface area contributed by atoms with Gasteiger partial charge in [0.05, 0.1) is 16.9 Å². The van der Waals surface area contributed by atoms with E-state index in [9.17, 15) is 4.79 Å². The van der Waals surface area contributed by atoms with Crippen molar-refractivity contribution in [1.29, 1.82) is 0 Å². The van der Waals surface area contributed by atoms with Gasteiger partial charge in [0, 0.05) is 17.6 Å². The zero-order chi connectivity index (χ0) is 18.8. The zero-order valence-electron chi connectivity index (χ0n) is 15.4. The highest BCUT2D eigenvalue weighted by Gasteiger charge is 2.27. The molecule has 2 aromatic heterocycles. The van der Waals surface area contributed by atoms with E-state index >= 15 is 0 Å². The summed E-state index contributed by atoms with van der Waals surface area (Å²) in [5.74, 6) is 0.164. The van der Waals surface area contributed by atoms with Crippen LogP contribution in [0.4, 0.5) is 0 Å². The summed E-state index contributed by atoms with van der Waals surface area (Å²) >= 11 is 0. The van der Waals surface area contributed by atoms with E-state index < -0.39 is 0 Å². The van der Waals surface area contributed by atoms with Crippen molar-refractivity contribution in [3.8, 4) is 5.69 Å². The molecule has 0 aliphatic heterocycles. The molecule has 0 radical (unpaired) electrons. The summed E-state index contributed by atoms with van der Waals surface area (Å²) in [5, 5.41) is 12.5. The minimum absolute atomic E-state index is 0.118. The van der Waals surface area contributed by atoms with E-state index in [0.29, 0.717) is 18.2 Å². The third-order valence-corrected chi connectivity index (χ3v) is 5.47. The van der Waals surface area contributed by atoms with Crippen molar-refractivity contribution in [3.63, 3.8) is 0 Å². The number of rotatable bonds is 4. The summed E-state index contributed by atoms with van der Waals surface area (Å²) in [6, 6.07) is 9.90. The van der Waals surface area contributed by atoms with Gasteiger partial charge in [-0.05, 0) is 56.5 Å². The zero-order valence-corrected chi connectivity index (χ0v) is 15.4. The molecule has 7 heteroatoms. The second kappa shape index (κ2) is 7.44. The number of aromatic nitrogens is 4. The summed E-state index contributed by atoms with van der Waals surface area (Å²) in [7, 11) is 0. The first-order valence-corrected chi connectivity index (χ1v) is 9.46. The van der Waals surface area contributed by atoms with E-state index in [1.54, 1.807) is 10.9 Å². The predicted molar refractivity (Wildman–Crippen MR) is 104 cm³/mol. The maximum atomic E-state index is 12.8.